The number of methoxy groups -OCH3 is 1. The Morgan fingerprint density at radius 2 is 1.71 bits per heavy atom. The lowest BCUT2D eigenvalue weighted by Crippen LogP contribution is -2.50. The van der Waals surface area contributed by atoms with E-state index in [1.165, 1.54) is 5.56 Å². The van der Waals surface area contributed by atoms with E-state index in [1.807, 2.05) is 47.4 Å². The van der Waals surface area contributed by atoms with Crippen LogP contribution in [0.2, 0.25) is 0 Å². The molecule has 0 aromatic heterocycles. The molecule has 0 bridgehead atoms. The van der Waals surface area contributed by atoms with Crippen LogP contribution in [0.15, 0.2) is 54.6 Å². The molecular weight excluding hydrogens is 430 g/mol. The second kappa shape index (κ2) is 12.9. The van der Waals surface area contributed by atoms with Gasteiger partial charge in [0.15, 0.2) is 0 Å². The first-order valence-electron chi connectivity index (χ1n) is 12.3. The highest BCUT2D eigenvalue weighted by atomic mass is 16.5. The quantitative estimate of drug-likeness (QED) is 0.535. The molecule has 0 unspecified atom stereocenters. The minimum Gasteiger partial charge on any atom is -0.497 e. The van der Waals surface area contributed by atoms with Crippen molar-refractivity contribution in [2.45, 2.75) is 19.1 Å². The third-order valence-corrected chi connectivity index (χ3v) is 6.55. The van der Waals surface area contributed by atoms with Crippen LogP contribution in [-0.2, 0) is 27.2 Å². The average Bonchev–Trinajstić information content (AvgIpc) is 2.88. The molecule has 2 heterocycles. The minimum absolute atomic E-state index is 0.0106. The third-order valence-electron chi connectivity index (χ3n) is 6.55. The standard InChI is InChI=1S/C27H37N3O4/c1-32-25-9-7-24(8-10-25)20-29-15-18-34-26(21-29)22-30(12-11-28-13-16-33-17-14-28)27(31)19-23-5-3-2-4-6-23/h2-10,26H,11-22H2,1H3/t26-/m1/s1. The van der Waals surface area contributed by atoms with Gasteiger partial charge in [0.25, 0.3) is 0 Å². The van der Waals surface area contributed by atoms with Crippen molar-refractivity contribution in [3.05, 3.63) is 65.7 Å². The molecule has 0 saturated carbocycles. The van der Waals surface area contributed by atoms with E-state index in [1.54, 1.807) is 7.11 Å². The van der Waals surface area contributed by atoms with Crippen molar-refractivity contribution in [3.8, 4) is 5.75 Å². The van der Waals surface area contributed by atoms with Gasteiger partial charge in [0.05, 0.1) is 39.5 Å². The zero-order valence-corrected chi connectivity index (χ0v) is 20.2. The second-order valence-corrected chi connectivity index (χ2v) is 9.03. The van der Waals surface area contributed by atoms with E-state index in [9.17, 15) is 4.79 Å². The van der Waals surface area contributed by atoms with Crippen molar-refractivity contribution in [1.82, 2.24) is 14.7 Å². The molecule has 7 heteroatoms. The second-order valence-electron chi connectivity index (χ2n) is 9.03. The number of carbonyl (C=O) groups is 1. The van der Waals surface area contributed by atoms with Gasteiger partial charge in [0.1, 0.15) is 5.75 Å². The van der Waals surface area contributed by atoms with Crippen molar-refractivity contribution < 1.29 is 19.0 Å². The summed E-state index contributed by atoms with van der Waals surface area (Å²) in [5.74, 6) is 1.03. The van der Waals surface area contributed by atoms with Gasteiger partial charge in [-0.3, -0.25) is 14.6 Å². The maximum Gasteiger partial charge on any atom is 0.227 e. The summed E-state index contributed by atoms with van der Waals surface area (Å²) in [4.78, 5) is 20.1. The van der Waals surface area contributed by atoms with Crippen molar-refractivity contribution in [2.24, 2.45) is 0 Å². The lowest BCUT2D eigenvalue weighted by Gasteiger charge is -2.37. The lowest BCUT2D eigenvalue weighted by molar-refractivity contribution is -0.134. The Bertz CT molecular complexity index is 871. The molecule has 1 atom stereocenters. The van der Waals surface area contributed by atoms with Crippen LogP contribution >= 0.6 is 0 Å². The Morgan fingerprint density at radius 1 is 0.971 bits per heavy atom. The van der Waals surface area contributed by atoms with Crippen LogP contribution in [-0.4, -0.2) is 99.5 Å². The first-order chi connectivity index (χ1) is 16.7. The molecule has 2 aromatic carbocycles. The molecular formula is C27H37N3O4. The summed E-state index contributed by atoms with van der Waals surface area (Å²) in [7, 11) is 1.69. The predicted octanol–water partition coefficient (Wildman–Crippen LogP) is 2.30. The molecule has 0 radical (unpaired) electrons. The maximum absolute atomic E-state index is 13.3. The van der Waals surface area contributed by atoms with E-state index in [-0.39, 0.29) is 12.0 Å². The van der Waals surface area contributed by atoms with Crippen LogP contribution in [0, 0.1) is 0 Å². The highest BCUT2D eigenvalue weighted by Gasteiger charge is 2.26. The van der Waals surface area contributed by atoms with E-state index in [0.717, 1.165) is 63.8 Å². The molecule has 4 rings (SSSR count). The summed E-state index contributed by atoms with van der Waals surface area (Å²) >= 11 is 0. The zero-order valence-electron chi connectivity index (χ0n) is 20.2. The Balaban J connectivity index is 1.35. The normalized spacial score (nSPS) is 19.6. The molecule has 2 aromatic rings. The van der Waals surface area contributed by atoms with Gasteiger partial charge in [-0.25, -0.2) is 0 Å². The van der Waals surface area contributed by atoms with E-state index >= 15 is 0 Å². The van der Waals surface area contributed by atoms with Crippen LogP contribution in [0.3, 0.4) is 0 Å². The summed E-state index contributed by atoms with van der Waals surface area (Å²) < 4.78 is 16.9. The first kappa shape index (κ1) is 24.7. The molecule has 0 N–H and O–H groups in total. The zero-order chi connectivity index (χ0) is 23.6. The fourth-order valence-corrected chi connectivity index (χ4v) is 4.56. The van der Waals surface area contributed by atoms with Crippen LogP contribution in [0.5, 0.6) is 5.75 Å². The van der Waals surface area contributed by atoms with E-state index in [0.29, 0.717) is 26.1 Å². The van der Waals surface area contributed by atoms with Gasteiger partial charge in [-0.2, -0.15) is 0 Å². The number of ether oxygens (including phenoxy) is 3. The molecule has 2 fully saturated rings. The van der Waals surface area contributed by atoms with Crippen LogP contribution in [0.25, 0.3) is 0 Å². The summed E-state index contributed by atoms with van der Waals surface area (Å²) in [6.45, 7) is 8.86. The fraction of sp³-hybridized carbons (Fsp3) is 0.519. The molecule has 7 nitrogen and oxygen atoms in total. The lowest BCUT2D eigenvalue weighted by atomic mass is 10.1. The fourth-order valence-electron chi connectivity index (χ4n) is 4.56. The van der Waals surface area contributed by atoms with Crippen molar-refractivity contribution in [1.29, 1.82) is 0 Å². The number of morpholine rings is 2. The number of amides is 1. The van der Waals surface area contributed by atoms with E-state index < -0.39 is 0 Å². The molecule has 2 aliphatic rings. The van der Waals surface area contributed by atoms with Gasteiger partial charge in [-0.05, 0) is 23.3 Å². The highest BCUT2D eigenvalue weighted by molar-refractivity contribution is 5.78. The Hall–Kier alpha value is -2.45. The van der Waals surface area contributed by atoms with Crippen molar-refractivity contribution in [2.75, 3.05) is 72.7 Å². The van der Waals surface area contributed by atoms with Crippen molar-refractivity contribution >= 4 is 5.91 Å². The van der Waals surface area contributed by atoms with Gasteiger partial charge < -0.3 is 19.1 Å². The average molecular weight is 468 g/mol. The number of nitrogens with zero attached hydrogens (tertiary/aromatic N) is 3. The predicted molar refractivity (Wildman–Crippen MR) is 132 cm³/mol. The third kappa shape index (κ3) is 7.53. The number of rotatable bonds is 10. The van der Waals surface area contributed by atoms with E-state index in [2.05, 4.69) is 21.9 Å². The molecule has 34 heavy (non-hydrogen) atoms. The topological polar surface area (TPSA) is 54.5 Å². The van der Waals surface area contributed by atoms with Gasteiger partial charge in [0, 0.05) is 52.4 Å². The largest absolute Gasteiger partial charge is 0.497 e. The SMILES string of the molecule is COc1ccc(CN2CCO[C@@H](CN(CCN3CCOCC3)C(=O)Cc3ccccc3)C2)cc1. The summed E-state index contributed by atoms with van der Waals surface area (Å²) in [5.41, 5.74) is 2.31. The number of hydrogen-bond acceptors (Lipinski definition) is 6. The first-order valence-corrected chi connectivity index (χ1v) is 12.3. The molecule has 0 aliphatic carbocycles. The number of benzene rings is 2. The summed E-state index contributed by atoms with van der Waals surface area (Å²) in [5, 5.41) is 0. The maximum atomic E-state index is 13.3. The Kier molecular flexibility index (Phi) is 9.33. The number of hydrogen-bond donors (Lipinski definition) is 0. The Morgan fingerprint density at radius 3 is 2.44 bits per heavy atom. The highest BCUT2D eigenvalue weighted by Crippen LogP contribution is 2.16. The van der Waals surface area contributed by atoms with Crippen LogP contribution < -0.4 is 4.74 Å². The summed E-state index contributed by atoms with van der Waals surface area (Å²) in [6, 6.07) is 18.2. The van der Waals surface area contributed by atoms with Gasteiger partial charge in [-0.15, -0.1) is 0 Å². The smallest absolute Gasteiger partial charge is 0.227 e. The van der Waals surface area contributed by atoms with E-state index in [4.69, 9.17) is 14.2 Å². The van der Waals surface area contributed by atoms with Gasteiger partial charge in [-0.1, -0.05) is 42.5 Å². The van der Waals surface area contributed by atoms with Gasteiger partial charge in [0.2, 0.25) is 5.91 Å². The number of carbonyl (C=O) groups excluding carboxylic acids is 1. The van der Waals surface area contributed by atoms with Crippen molar-refractivity contribution in [3.63, 3.8) is 0 Å². The monoisotopic (exact) mass is 467 g/mol. The molecule has 2 aliphatic heterocycles. The molecule has 184 valence electrons. The summed E-state index contributed by atoms with van der Waals surface area (Å²) in [6.07, 6.45) is 0.433. The molecule has 1 amide bonds. The van der Waals surface area contributed by atoms with Gasteiger partial charge >= 0.3 is 0 Å². The Labute approximate surface area is 203 Å². The minimum atomic E-state index is 0.0106. The molecule has 2 saturated heterocycles. The molecule has 0 spiro atoms. The van der Waals surface area contributed by atoms with Crippen LogP contribution in [0.4, 0.5) is 0 Å². The van der Waals surface area contributed by atoms with Crippen LogP contribution in [0.1, 0.15) is 11.1 Å².